The largest absolute Gasteiger partial charge is 0.352 e. The maximum absolute atomic E-state index is 11.8. The summed E-state index contributed by atoms with van der Waals surface area (Å²) in [6.45, 7) is 4.80. The van der Waals surface area contributed by atoms with Crippen molar-refractivity contribution < 1.29 is 4.79 Å². The van der Waals surface area contributed by atoms with Crippen molar-refractivity contribution in [3.63, 3.8) is 0 Å². The van der Waals surface area contributed by atoms with E-state index in [1.54, 1.807) is 0 Å². The molecule has 1 aromatic rings. The van der Waals surface area contributed by atoms with Crippen molar-refractivity contribution in [3.8, 4) is 0 Å². The van der Waals surface area contributed by atoms with Gasteiger partial charge >= 0.3 is 0 Å². The number of nitrogens with one attached hydrogen (secondary N) is 1. The van der Waals surface area contributed by atoms with E-state index in [0.717, 1.165) is 30.5 Å². The number of amides is 1. The van der Waals surface area contributed by atoms with Gasteiger partial charge in [0.15, 0.2) is 0 Å². The zero-order chi connectivity index (χ0) is 12.0. The maximum Gasteiger partial charge on any atom is 0.251 e. The van der Waals surface area contributed by atoms with Crippen LogP contribution in [-0.4, -0.2) is 17.3 Å². The number of alkyl halides is 1. The fourth-order valence-electron chi connectivity index (χ4n) is 1.47. The Kier molecular flexibility index (Phi) is 5.53. The highest BCUT2D eigenvalue weighted by Gasteiger charge is 2.08. The Morgan fingerprint density at radius 2 is 2.12 bits per heavy atom. The minimum atomic E-state index is 0.0221. The molecule has 1 aromatic carbocycles. The van der Waals surface area contributed by atoms with Crippen molar-refractivity contribution in [3.05, 3.63) is 35.4 Å². The number of benzene rings is 1. The number of carbonyl (C=O) groups is 1. The second-order valence-corrected chi connectivity index (χ2v) is 5.16. The van der Waals surface area contributed by atoms with Crippen molar-refractivity contribution in [2.24, 2.45) is 0 Å². The monoisotopic (exact) mass is 283 g/mol. The van der Waals surface area contributed by atoms with Crippen molar-refractivity contribution in [2.45, 2.75) is 31.5 Å². The molecule has 0 aliphatic rings. The third-order valence-electron chi connectivity index (χ3n) is 2.58. The van der Waals surface area contributed by atoms with Gasteiger partial charge in [-0.25, -0.2) is 0 Å². The first-order valence-electron chi connectivity index (χ1n) is 5.63. The first kappa shape index (κ1) is 13.2. The van der Waals surface area contributed by atoms with Crippen molar-refractivity contribution >= 4 is 21.8 Å². The molecule has 1 rings (SSSR count). The summed E-state index contributed by atoms with van der Waals surface area (Å²) in [6.07, 6.45) is 2.05. The van der Waals surface area contributed by atoms with E-state index < -0.39 is 0 Å². The molecule has 0 fully saturated rings. The normalized spacial score (nSPS) is 12.2. The van der Waals surface area contributed by atoms with Crippen LogP contribution in [0.1, 0.15) is 35.7 Å². The van der Waals surface area contributed by atoms with Crippen molar-refractivity contribution in [2.75, 3.05) is 6.54 Å². The molecule has 3 heteroatoms. The molecular formula is C13H18BrNO. The van der Waals surface area contributed by atoms with Gasteiger partial charge in [-0.05, 0) is 31.4 Å². The van der Waals surface area contributed by atoms with Gasteiger partial charge in [0.25, 0.3) is 5.91 Å². The van der Waals surface area contributed by atoms with E-state index in [2.05, 4.69) is 28.2 Å². The maximum atomic E-state index is 11.8. The topological polar surface area (TPSA) is 29.1 Å². The fourth-order valence-corrected chi connectivity index (χ4v) is 1.70. The Hall–Kier alpha value is -0.830. The highest BCUT2D eigenvalue weighted by atomic mass is 79.9. The number of halogens is 1. The van der Waals surface area contributed by atoms with E-state index in [9.17, 15) is 4.79 Å². The van der Waals surface area contributed by atoms with Gasteiger partial charge < -0.3 is 5.32 Å². The molecule has 0 spiro atoms. The molecule has 0 bridgehead atoms. The quantitative estimate of drug-likeness (QED) is 0.826. The zero-order valence-electron chi connectivity index (χ0n) is 9.79. The van der Waals surface area contributed by atoms with Gasteiger partial charge in [0.1, 0.15) is 0 Å². The lowest BCUT2D eigenvalue weighted by Crippen LogP contribution is -2.26. The van der Waals surface area contributed by atoms with Gasteiger partial charge in [-0.1, -0.05) is 41.1 Å². The molecule has 0 saturated carbocycles. The zero-order valence-corrected chi connectivity index (χ0v) is 11.4. The fraction of sp³-hybridized carbons (Fsp3) is 0.462. The van der Waals surface area contributed by atoms with Crippen LogP contribution in [-0.2, 0) is 0 Å². The van der Waals surface area contributed by atoms with Crippen molar-refractivity contribution in [1.82, 2.24) is 5.32 Å². The van der Waals surface area contributed by atoms with Gasteiger partial charge in [0, 0.05) is 16.9 Å². The third-order valence-corrected chi connectivity index (χ3v) is 3.68. The Labute approximate surface area is 106 Å². The summed E-state index contributed by atoms with van der Waals surface area (Å²) in [5.74, 6) is 0.0221. The Morgan fingerprint density at radius 3 is 2.75 bits per heavy atom. The van der Waals surface area contributed by atoms with Gasteiger partial charge in [-0.3, -0.25) is 4.79 Å². The smallest absolute Gasteiger partial charge is 0.251 e. The van der Waals surface area contributed by atoms with Crippen LogP contribution in [0.15, 0.2) is 24.3 Å². The molecule has 0 heterocycles. The van der Waals surface area contributed by atoms with Gasteiger partial charge in [-0.15, -0.1) is 0 Å². The second-order valence-electron chi connectivity index (χ2n) is 3.87. The van der Waals surface area contributed by atoms with E-state index in [1.807, 2.05) is 31.2 Å². The molecule has 0 saturated heterocycles. The molecule has 1 unspecified atom stereocenters. The molecule has 1 N–H and O–H groups in total. The number of hydrogen-bond acceptors (Lipinski definition) is 1. The average Bonchev–Trinajstić information content (AvgIpc) is 2.29. The van der Waals surface area contributed by atoms with E-state index >= 15 is 0 Å². The summed E-state index contributed by atoms with van der Waals surface area (Å²) in [5.41, 5.74) is 1.79. The summed E-state index contributed by atoms with van der Waals surface area (Å²) in [4.78, 5) is 12.3. The van der Waals surface area contributed by atoms with E-state index in [4.69, 9.17) is 0 Å². The predicted molar refractivity (Wildman–Crippen MR) is 71.1 cm³/mol. The second kappa shape index (κ2) is 6.69. The molecule has 0 radical (unpaired) electrons. The highest BCUT2D eigenvalue weighted by Crippen LogP contribution is 2.09. The van der Waals surface area contributed by atoms with E-state index in [-0.39, 0.29) is 5.91 Å². The Morgan fingerprint density at radius 1 is 1.44 bits per heavy atom. The molecule has 0 aliphatic heterocycles. The first-order chi connectivity index (χ1) is 7.65. The SMILES string of the molecule is CCC(Br)CCNC(=O)c1ccccc1C. The van der Waals surface area contributed by atoms with Crippen LogP contribution in [0.25, 0.3) is 0 Å². The number of hydrogen-bond donors (Lipinski definition) is 1. The number of rotatable bonds is 5. The Bertz CT molecular complexity index is 352. The van der Waals surface area contributed by atoms with Crippen LogP contribution in [0.4, 0.5) is 0 Å². The summed E-state index contributed by atoms with van der Waals surface area (Å²) in [6, 6.07) is 7.64. The summed E-state index contributed by atoms with van der Waals surface area (Å²) in [7, 11) is 0. The van der Waals surface area contributed by atoms with Crippen LogP contribution >= 0.6 is 15.9 Å². The van der Waals surface area contributed by atoms with Gasteiger partial charge in [-0.2, -0.15) is 0 Å². The summed E-state index contributed by atoms with van der Waals surface area (Å²) in [5, 5.41) is 2.94. The molecule has 0 aliphatic carbocycles. The lowest BCUT2D eigenvalue weighted by molar-refractivity contribution is 0.0952. The lowest BCUT2D eigenvalue weighted by Gasteiger charge is -2.09. The third kappa shape index (κ3) is 3.97. The molecule has 2 nitrogen and oxygen atoms in total. The lowest BCUT2D eigenvalue weighted by atomic mass is 10.1. The molecule has 1 atom stereocenters. The molecule has 88 valence electrons. The van der Waals surface area contributed by atoms with Crippen LogP contribution in [0.5, 0.6) is 0 Å². The van der Waals surface area contributed by atoms with Crippen LogP contribution in [0, 0.1) is 6.92 Å². The van der Waals surface area contributed by atoms with Crippen molar-refractivity contribution in [1.29, 1.82) is 0 Å². The molecule has 16 heavy (non-hydrogen) atoms. The molecule has 1 amide bonds. The first-order valence-corrected chi connectivity index (χ1v) is 6.54. The van der Waals surface area contributed by atoms with Crippen LogP contribution < -0.4 is 5.32 Å². The standard InChI is InChI=1S/C13H18BrNO/c1-3-11(14)8-9-15-13(16)12-7-5-4-6-10(12)2/h4-7,11H,3,8-9H2,1-2H3,(H,15,16). The van der Waals surface area contributed by atoms with Crippen LogP contribution in [0.3, 0.4) is 0 Å². The number of aryl methyl sites for hydroxylation is 1. The van der Waals surface area contributed by atoms with Gasteiger partial charge in [0.2, 0.25) is 0 Å². The van der Waals surface area contributed by atoms with E-state index in [1.165, 1.54) is 0 Å². The Balaban J connectivity index is 2.44. The average molecular weight is 284 g/mol. The number of carbonyl (C=O) groups excluding carboxylic acids is 1. The van der Waals surface area contributed by atoms with E-state index in [0.29, 0.717) is 4.83 Å². The molecular weight excluding hydrogens is 266 g/mol. The summed E-state index contributed by atoms with van der Waals surface area (Å²) >= 11 is 3.55. The minimum absolute atomic E-state index is 0.0221. The van der Waals surface area contributed by atoms with Gasteiger partial charge in [0.05, 0.1) is 0 Å². The summed E-state index contributed by atoms with van der Waals surface area (Å²) < 4.78 is 0. The molecule has 0 aromatic heterocycles. The minimum Gasteiger partial charge on any atom is -0.352 e. The highest BCUT2D eigenvalue weighted by molar-refractivity contribution is 9.09. The predicted octanol–water partition coefficient (Wildman–Crippen LogP) is 3.29. The van der Waals surface area contributed by atoms with Crippen LogP contribution in [0.2, 0.25) is 0 Å².